The number of aromatic nitrogens is 3. The van der Waals surface area contributed by atoms with Crippen LogP contribution in [0.25, 0.3) is 11.3 Å². The van der Waals surface area contributed by atoms with Gasteiger partial charge in [0.05, 0.1) is 27.7 Å². The van der Waals surface area contributed by atoms with Crippen molar-refractivity contribution < 1.29 is 23.4 Å². The predicted molar refractivity (Wildman–Crippen MR) is 162 cm³/mol. The summed E-state index contributed by atoms with van der Waals surface area (Å²) in [5.74, 6) is 1.22. The summed E-state index contributed by atoms with van der Waals surface area (Å²) in [6.07, 6.45) is 3.87. The molecule has 42 heavy (non-hydrogen) atoms. The van der Waals surface area contributed by atoms with Crippen LogP contribution in [-0.2, 0) is 11.3 Å². The van der Waals surface area contributed by atoms with Gasteiger partial charge >= 0.3 is 6.09 Å². The van der Waals surface area contributed by atoms with Crippen LogP contribution in [0.15, 0.2) is 67.0 Å². The normalized spacial score (nSPS) is 15.6. The number of benzene rings is 2. The first kappa shape index (κ1) is 29.2. The quantitative estimate of drug-likeness (QED) is 0.193. The van der Waals surface area contributed by atoms with Gasteiger partial charge in [0.15, 0.2) is 0 Å². The van der Waals surface area contributed by atoms with E-state index in [2.05, 4.69) is 20.3 Å². The third kappa shape index (κ3) is 6.30. The maximum atomic E-state index is 12.4. The number of halogens is 1. The lowest BCUT2D eigenvalue weighted by atomic mass is 10.1. The van der Waals surface area contributed by atoms with Crippen LogP contribution in [0.2, 0.25) is 5.02 Å². The van der Waals surface area contributed by atoms with Crippen molar-refractivity contribution in [1.29, 1.82) is 0 Å². The summed E-state index contributed by atoms with van der Waals surface area (Å²) < 4.78 is 30.1. The van der Waals surface area contributed by atoms with E-state index in [9.17, 15) is 18.7 Å². The third-order valence-corrected chi connectivity index (χ3v) is 8.11. The minimum absolute atomic E-state index is 0.0996. The van der Waals surface area contributed by atoms with Crippen molar-refractivity contribution in [3.63, 3.8) is 0 Å². The van der Waals surface area contributed by atoms with E-state index >= 15 is 0 Å². The fourth-order valence-electron chi connectivity index (χ4n) is 4.83. The molecule has 2 aromatic carbocycles. The first-order valence-electron chi connectivity index (χ1n) is 13.2. The molecule has 0 bridgehead atoms. The Morgan fingerprint density at radius 3 is 2.64 bits per heavy atom. The molecule has 2 atom stereocenters. The average molecular weight is 609 g/mol. The molecule has 1 aliphatic rings. The number of rotatable bonds is 8. The number of para-hydroxylation sites is 1. The Labute approximate surface area is 250 Å². The predicted octanol–water partition coefficient (Wildman–Crippen LogP) is 6.43. The first-order valence-corrected chi connectivity index (χ1v) is 14.6. The van der Waals surface area contributed by atoms with Crippen molar-refractivity contribution in [2.24, 2.45) is 0 Å². The van der Waals surface area contributed by atoms with Gasteiger partial charge in [0, 0.05) is 31.5 Å². The number of hydrogen-bond acceptors (Lipinski definition) is 7. The molecule has 1 saturated heterocycles. The molecule has 1 aliphatic heterocycles. The van der Waals surface area contributed by atoms with E-state index in [0.717, 1.165) is 24.0 Å². The molecule has 3 N–H and O–H groups in total. The number of nitrogens with one attached hydrogen (secondary N) is 1. The molecule has 1 unspecified atom stereocenters. The zero-order valence-corrected chi connectivity index (χ0v) is 24.5. The Morgan fingerprint density at radius 2 is 1.88 bits per heavy atom. The van der Waals surface area contributed by atoms with Gasteiger partial charge < -0.3 is 20.1 Å². The van der Waals surface area contributed by atoms with Gasteiger partial charge in [-0.15, -0.1) is 0 Å². The van der Waals surface area contributed by atoms with Crippen LogP contribution in [-0.4, -0.2) is 58.9 Å². The van der Waals surface area contributed by atoms with E-state index in [1.54, 1.807) is 60.9 Å². The largest absolute Gasteiger partial charge is 0.465 e. The lowest BCUT2D eigenvalue weighted by Crippen LogP contribution is -2.44. The highest BCUT2D eigenvalue weighted by atomic mass is 35.5. The molecule has 11 nitrogen and oxygen atoms in total. The summed E-state index contributed by atoms with van der Waals surface area (Å²) in [7, 11) is 0. The number of pyridine rings is 1. The van der Waals surface area contributed by atoms with Crippen molar-refractivity contribution in [2.75, 3.05) is 22.7 Å². The van der Waals surface area contributed by atoms with Gasteiger partial charge in [0.25, 0.3) is 11.3 Å². The summed E-state index contributed by atoms with van der Waals surface area (Å²) in [5.41, 5.74) is 3.59. The first-order chi connectivity index (χ1) is 20.2. The molecule has 0 radical (unpaired) electrons. The van der Waals surface area contributed by atoms with Crippen molar-refractivity contribution in [1.82, 2.24) is 19.9 Å². The summed E-state index contributed by atoms with van der Waals surface area (Å²) in [6.45, 7) is 4.57. The van der Waals surface area contributed by atoms with Crippen LogP contribution in [0.3, 0.4) is 0 Å². The maximum absolute atomic E-state index is 12.4. The fourth-order valence-corrected chi connectivity index (χ4v) is 5.79. The number of ether oxygens (including phenoxy) is 1. The number of likely N-dealkylation sites (tertiary alicyclic amines) is 1. The van der Waals surface area contributed by atoms with Crippen LogP contribution in [0, 0.1) is 13.8 Å². The second kappa shape index (κ2) is 12.7. The summed E-state index contributed by atoms with van der Waals surface area (Å²) in [4.78, 5) is 26.2. The Hall–Kier alpha value is -4.26. The number of nitrogens with zero attached hydrogens (tertiary/aromatic N) is 5. The highest BCUT2D eigenvalue weighted by Gasteiger charge is 2.25. The molecule has 0 saturated carbocycles. The van der Waals surface area contributed by atoms with E-state index in [0.29, 0.717) is 58.3 Å². The zero-order valence-electron chi connectivity index (χ0n) is 22.9. The summed E-state index contributed by atoms with van der Waals surface area (Å²) in [6, 6.07) is 15.5. The van der Waals surface area contributed by atoms with E-state index in [1.807, 2.05) is 19.9 Å². The van der Waals surface area contributed by atoms with Crippen LogP contribution >= 0.6 is 11.6 Å². The molecule has 4 aromatic rings. The van der Waals surface area contributed by atoms with Gasteiger partial charge in [0.1, 0.15) is 5.75 Å². The smallest absolute Gasteiger partial charge is 0.407 e. The highest BCUT2D eigenvalue weighted by molar-refractivity contribution is 7.81. The summed E-state index contributed by atoms with van der Waals surface area (Å²) >= 11 is 3.97. The molecular formula is C29H29ClN6O5S. The number of anilines is 3. The highest BCUT2D eigenvalue weighted by Crippen LogP contribution is 2.40. The van der Waals surface area contributed by atoms with Gasteiger partial charge in [0.2, 0.25) is 11.8 Å². The van der Waals surface area contributed by atoms with Crippen LogP contribution in [0.1, 0.15) is 24.0 Å². The van der Waals surface area contributed by atoms with Gasteiger partial charge in [-0.1, -0.05) is 23.7 Å². The number of carboxylic acid groups (broad SMARTS) is 1. The minimum atomic E-state index is -2.37. The van der Waals surface area contributed by atoms with Gasteiger partial charge in [-0.2, -0.15) is 0 Å². The van der Waals surface area contributed by atoms with Crippen LogP contribution < -0.4 is 14.4 Å². The molecule has 218 valence electrons. The Bertz CT molecular complexity index is 1640. The van der Waals surface area contributed by atoms with Crippen LogP contribution in [0.4, 0.5) is 22.1 Å². The Morgan fingerprint density at radius 1 is 1.07 bits per heavy atom. The number of amides is 1. The van der Waals surface area contributed by atoms with Crippen molar-refractivity contribution >= 4 is 46.3 Å². The molecule has 13 heteroatoms. The van der Waals surface area contributed by atoms with Crippen molar-refractivity contribution in [2.45, 2.75) is 32.7 Å². The third-order valence-electron chi connectivity index (χ3n) is 7.09. The molecule has 5 rings (SSSR count). The Kier molecular flexibility index (Phi) is 8.86. The van der Waals surface area contributed by atoms with Crippen molar-refractivity contribution in [3.8, 4) is 22.9 Å². The lowest BCUT2D eigenvalue weighted by molar-refractivity contribution is 0.132. The van der Waals surface area contributed by atoms with E-state index in [-0.39, 0.29) is 6.04 Å². The van der Waals surface area contributed by atoms with E-state index in [4.69, 9.17) is 16.3 Å². The molecule has 1 amide bonds. The van der Waals surface area contributed by atoms with Gasteiger partial charge in [-0.05, 0) is 80.3 Å². The lowest BCUT2D eigenvalue weighted by Gasteiger charge is -2.31. The molecule has 3 heterocycles. The number of piperidine rings is 1. The summed E-state index contributed by atoms with van der Waals surface area (Å²) in [5, 5.41) is 12.9. The minimum Gasteiger partial charge on any atom is -0.465 e. The van der Waals surface area contributed by atoms with Crippen LogP contribution in [0.5, 0.6) is 11.6 Å². The van der Waals surface area contributed by atoms with Gasteiger partial charge in [-0.25, -0.2) is 28.3 Å². The zero-order chi connectivity index (χ0) is 29.8. The second-order valence-electron chi connectivity index (χ2n) is 9.75. The van der Waals surface area contributed by atoms with E-state index < -0.39 is 17.4 Å². The molecule has 0 aliphatic carbocycles. The monoisotopic (exact) mass is 608 g/mol. The Balaban J connectivity index is 1.41. The van der Waals surface area contributed by atoms with Crippen molar-refractivity contribution in [3.05, 3.63) is 83.1 Å². The van der Waals surface area contributed by atoms with E-state index in [1.165, 1.54) is 9.21 Å². The molecule has 0 spiro atoms. The molecular weight excluding hydrogens is 580 g/mol. The SMILES string of the molecule is Cc1c(Oc2ncccc2-c2ccnc(N[C@H]3CCCN(C(=O)O)C3)n2)ccc(N(c2ccccc2Cl)S(=O)O)c1C. The molecule has 1 fully saturated rings. The molecule has 2 aromatic heterocycles. The number of hydrogen-bond donors (Lipinski definition) is 3. The fraction of sp³-hybridized carbons (Fsp3) is 0.241. The average Bonchev–Trinajstić information content (AvgIpc) is 2.98. The number of carbonyl (C=O) groups is 1. The second-order valence-corrected chi connectivity index (χ2v) is 11.0. The topological polar surface area (TPSA) is 141 Å². The van der Waals surface area contributed by atoms with Gasteiger partial charge in [-0.3, -0.25) is 4.55 Å². The standard InChI is InChI=1S/C29H29ClN6O5S/c1-18-19(2)26(12-11-24(18)36(42(39)40)25-10-4-3-9-22(25)30)41-27-21(8-5-14-31-27)23-13-15-32-28(34-23)33-20-7-6-16-35(17-20)29(37)38/h3-5,8-15,20H,6-7,16-17H2,1-2H3,(H,37,38)(H,39,40)(H,32,33,34)/t20-/m0/s1. The maximum Gasteiger partial charge on any atom is 0.407 e.